The maximum Gasteiger partial charge on any atom is 0.306 e. The maximum absolute atomic E-state index is 12.8. The summed E-state index contributed by atoms with van der Waals surface area (Å²) in [5, 5.41) is 0. The van der Waals surface area contributed by atoms with E-state index in [1.54, 1.807) is 0 Å². The largest absolute Gasteiger partial charge is 0.462 e. The zero-order chi connectivity index (χ0) is 45.8. The van der Waals surface area contributed by atoms with E-state index in [0.29, 0.717) is 19.3 Å². The minimum Gasteiger partial charge on any atom is -0.462 e. The van der Waals surface area contributed by atoms with Crippen LogP contribution in [0.1, 0.15) is 226 Å². The number of carbonyl (C=O) groups excluding carboxylic acids is 3. The van der Waals surface area contributed by atoms with Gasteiger partial charge in [-0.15, -0.1) is 0 Å². The lowest BCUT2D eigenvalue weighted by molar-refractivity contribution is -0.167. The Morgan fingerprint density at radius 3 is 1.17 bits per heavy atom. The van der Waals surface area contributed by atoms with E-state index in [4.69, 9.17) is 14.2 Å². The maximum atomic E-state index is 12.8. The Morgan fingerprint density at radius 1 is 0.349 bits per heavy atom. The van der Waals surface area contributed by atoms with Crippen molar-refractivity contribution in [2.75, 3.05) is 13.2 Å². The van der Waals surface area contributed by atoms with Crippen molar-refractivity contribution >= 4 is 17.9 Å². The first-order chi connectivity index (χ1) is 31.0. The van der Waals surface area contributed by atoms with Gasteiger partial charge in [0.25, 0.3) is 0 Å². The van der Waals surface area contributed by atoms with Gasteiger partial charge in [0.1, 0.15) is 13.2 Å². The number of carbonyl (C=O) groups is 3. The van der Waals surface area contributed by atoms with Crippen LogP contribution < -0.4 is 0 Å². The molecule has 0 heterocycles. The molecule has 0 bridgehead atoms. The highest BCUT2D eigenvalue weighted by Crippen LogP contribution is 2.14. The Kier molecular flexibility index (Phi) is 48.0. The second kappa shape index (κ2) is 51.0. The topological polar surface area (TPSA) is 78.9 Å². The molecule has 6 heteroatoms. The summed E-state index contributed by atoms with van der Waals surface area (Å²) in [6, 6.07) is 0. The van der Waals surface area contributed by atoms with Gasteiger partial charge in [0.2, 0.25) is 0 Å². The van der Waals surface area contributed by atoms with Crippen LogP contribution in [0.15, 0.2) is 97.2 Å². The molecule has 0 amide bonds. The highest BCUT2D eigenvalue weighted by atomic mass is 16.6. The molecule has 0 aliphatic heterocycles. The van der Waals surface area contributed by atoms with Gasteiger partial charge in [-0.1, -0.05) is 214 Å². The van der Waals surface area contributed by atoms with E-state index >= 15 is 0 Å². The minimum atomic E-state index is -0.796. The first-order valence-electron chi connectivity index (χ1n) is 25.8. The standard InChI is InChI=1S/C57H94O6/c1-4-7-10-13-16-19-22-25-27-28-29-31-32-35-38-41-44-47-50-56(59)62-53-54(52-61-55(58)49-46-43-40-37-34-24-21-18-15-12-9-6-3)63-57(60)51-48-45-42-39-36-33-30-26-23-20-17-14-11-8-5-2/h9-10,12-13,16,18-23,25,27-29,31,54H,4-8,11,14-15,17,24,26,30,32-53H2,1-3H3/b12-9-,13-10-,19-16-,21-18-,23-20-,25-22-,28-27-,31-29-. The molecule has 0 aromatic rings. The van der Waals surface area contributed by atoms with Gasteiger partial charge >= 0.3 is 17.9 Å². The number of rotatable bonds is 45. The quantitative estimate of drug-likeness (QED) is 0.0199. The van der Waals surface area contributed by atoms with Crippen LogP contribution in [0.4, 0.5) is 0 Å². The molecule has 0 radical (unpaired) electrons. The second-order valence-corrected chi connectivity index (χ2v) is 16.8. The second-order valence-electron chi connectivity index (χ2n) is 16.8. The highest BCUT2D eigenvalue weighted by Gasteiger charge is 2.19. The molecular formula is C57H94O6. The predicted octanol–water partition coefficient (Wildman–Crippen LogP) is 17.0. The Labute approximate surface area is 387 Å². The molecule has 1 unspecified atom stereocenters. The van der Waals surface area contributed by atoms with Crippen molar-refractivity contribution in [1.29, 1.82) is 0 Å². The van der Waals surface area contributed by atoms with E-state index in [1.807, 2.05) is 24.3 Å². The fourth-order valence-electron chi connectivity index (χ4n) is 6.80. The van der Waals surface area contributed by atoms with Gasteiger partial charge in [-0.2, -0.15) is 0 Å². The van der Waals surface area contributed by atoms with Gasteiger partial charge in [0.05, 0.1) is 0 Å². The summed E-state index contributed by atoms with van der Waals surface area (Å²) in [5.74, 6) is -0.943. The first kappa shape index (κ1) is 59.3. The molecule has 358 valence electrons. The van der Waals surface area contributed by atoms with Crippen LogP contribution in [-0.2, 0) is 28.6 Å². The lowest BCUT2D eigenvalue weighted by Gasteiger charge is -2.18. The molecule has 0 aromatic heterocycles. The molecule has 6 nitrogen and oxygen atoms in total. The summed E-state index contributed by atoms with van der Waals surface area (Å²) >= 11 is 0. The van der Waals surface area contributed by atoms with Crippen molar-refractivity contribution in [2.24, 2.45) is 0 Å². The van der Waals surface area contributed by atoms with E-state index in [0.717, 1.165) is 116 Å². The molecule has 63 heavy (non-hydrogen) atoms. The molecule has 0 N–H and O–H groups in total. The molecule has 0 saturated carbocycles. The fourth-order valence-corrected chi connectivity index (χ4v) is 6.80. The Bertz CT molecular complexity index is 1280. The van der Waals surface area contributed by atoms with Crippen LogP contribution in [0.3, 0.4) is 0 Å². The molecule has 0 aromatic carbocycles. The van der Waals surface area contributed by atoms with Crippen molar-refractivity contribution in [3.05, 3.63) is 97.2 Å². The van der Waals surface area contributed by atoms with Crippen molar-refractivity contribution in [3.63, 3.8) is 0 Å². The van der Waals surface area contributed by atoms with Gasteiger partial charge < -0.3 is 14.2 Å². The smallest absolute Gasteiger partial charge is 0.306 e. The SMILES string of the molecule is CC/C=C\C/C=C\CCCCCCCC(=O)OCC(COC(=O)CCCCCCC\C=C/C=C\C=C/C=C\C=C/CCC)OC(=O)CCCCCCCCC/C=C\CCCCCC. The number of allylic oxidation sites excluding steroid dienone is 16. The van der Waals surface area contributed by atoms with E-state index < -0.39 is 6.10 Å². The van der Waals surface area contributed by atoms with Gasteiger partial charge in [-0.05, 0) is 89.9 Å². The number of hydrogen-bond donors (Lipinski definition) is 0. The van der Waals surface area contributed by atoms with Crippen molar-refractivity contribution in [1.82, 2.24) is 0 Å². The Balaban J connectivity index is 4.46. The van der Waals surface area contributed by atoms with Gasteiger partial charge in [0, 0.05) is 19.3 Å². The zero-order valence-electron chi connectivity index (χ0n) is 40.8. The first-order valence-corrected chi connectivity index (χ1v) is 25.8. The van der Waals surface area contributed by atoms with Gasteiger partial charge in [-0.3, -0.25) is 14.4 Å². The van der Waals surface area contributed by atoms with Gasteiger partial charge in [0.15, 0.2) is 6.10 Å². The third-order valence-corrected chi connectivity index (χ3v) is 10.7. The Morgan fingerprint density at radius 2 is 0.714 bits per heavy atom. The summed E-state index contributed by atoms with van der Waals surface area (Å²) in [4.78, 5) is 38.0. The molecule has 0 fully saturated rings. The average Bonchev–Trinajstić information content (AvgIpc) is 3.28. The molecule has 0 rings (SSSR count). The van der Waals surface area contributed by atoms with Crippen LogP contribution >= 0.6 is 0 Å². The lowest BCUT2D eigenvalue weighted by Crippen LogP contribution is -2.30. The van der Waals surface area contributed by atoms with Crippen LogP contribution in [0.5, 0.6) is 0 Å². The third-order valence-electron chi connectivity index (χ3n) is 10.7. The summed E-state index contributed by atoms with van der Waals surface area (Å²) < 4.78 is 16.8. The summed E-state index contributed by atoms with van der Waals surface area (Å²) in [6.45, 7) is 6.38. The normalized spacial score (nSPS) is 12.9. The van der Waals surface area contributed by atoms with Crippen LogP contribution in [-0.4, -0.2) is 37.2 Å². The van der Waals surface area contributed by atoms with E-state index in [9.17, 15) is 14.4 Å². The average molecular weight is 875 g/mol. The molecular weight excluding hydrogens is 781 g/mol. The summed E-state index contributed by atoms with van der Waals surface area (Å²) in [5.41, 5.74) is 0. The lowest BCUT2D eigenvalue weighted by atomic mass is 10.1. The van der Waals surface area contributed by atoms with Crippen LogP contribution in [0.2, 0.25) is 0 Å². The van der Waals surface area contributed by atoms with Crippen LogP contribution in [0.25, 0.3) is 0 Å². The monoisotopic (exact) mass is 875 g/mol. The number of ether oxygens (including phenoxy) is 3. The van der Waals surface area contributed by atoms with Crippen molar-refractivity contribution < 1.29 is 28.6 Å². The molecule has 1 atom stereocenters. The van der Waals surface area contributed by atoms with Gasteiger partial charge in [-0.25, -0.2) is 0 Å². The number of hydrogen-bond acceptors (Lipinski definition) is 6. The minimum absolute atomic E-state index is 0.0963. The molecule has 0 aliphatic rings. The van der Waals surface area contributed by atoms with Crippen molar-refractivity contribution in [3.8, 4) is 0 Å². The third kappa shape index (κ3) is 49.2. The van der Waals surface area contributed by atoms with E-state index in [1.165, 1.54) is 70.6 Å². The summed E-state index contributed by atoms with van der Waals surface area (Å²) in [7, 11) is 0. The highest BCUT2D eigenvalue weighted by molar-refractivity contribution is 5.71. The predicted molar refractivity (Wildman–Crippen MR) is 270 cm³/mol. The molecule has 0 spiro atoms. The summed E-state index contributed by atoms with van der Waals surface area (Å²) in [6.07, 6.45) is 66.7. The van der Waals surface area contributed by atoms with Crippen LogP contribution in [0, 0.1) is 0 Å². The number of unbranched alkanes of at least 4 members (excludes halogenated alkanes) is 22. The molecule has 0 saturated heterocycles. The van der Waals surface area contributed by atoms with E-state index in [2.05, 4.69) is 93.7 Å². The Hall–Kier alpha value is -3.67. The molecule has 0 aliphatic carbocycles. The van der Waals surface area contributed by atoms with Crippen molar-refractivity contribution in [2.45, 2.75) is 232 Å². The fraction of sp³-hybridized carbons (Fsp3) is 0.667. The number of esters is 3. The van der Waals surface area contributed by atoms with E-state index in [-0.39, 0.29) is 31.1 Å². The zero-order valence-corrected chi connectivity index (χ0v) is 40.8.